The smallest absolute Gasteiger partial charge is 0.328 e. The molecule has 1 saturated heterocycles. The number of hydrogen-bond donors (Lipinski definition) is 2. The van der Waals surface area contributed by atoms with Crippen molar-refractivity contribution >= 4 is 11.9 Å². The number of aromatic hydroxyl groups is 1. The van der Waals surface area contributed by atoms with Crippen LogP contribution < -0.4 is 0 Å². The van der Waals surface area contributed by atoms with Crippen LogP contribution in [0, 0.1) is 5.82 Å². The molecule has 1 heterocycles. The summed E-state index contributed by atoms with van der Waals surface area (Å²) in [5.41, 5.74) is -0.256. The maximum atomic E-state index is 13.2. The monoisotopic (exact) mass is 283 g/mol. The molecule has 2 atom stereocenters. The number of phenolic OH excluding ortho intramolecular Hbond substituents is 1. The Morgan fingerprint density at radius 2 is 2.15 bits per heavy atom. The molecular formula is C13H14FNO5. The molecule has 0 spiro atoms. The molecule has 1 amide bonds. The molecule has 1 aromatic carbocycles. The third-order valence-corrected chi connectivity index (χ3v) is 3.20. The van der Waals surface area contributed by atoms with Crippen LogP contribution in [0.1, 0.15) is 16.8 Å². The average Bonchev–Trinajstić information content (AvgIpc) is 2.82. The van der Waals surface area contributed by atoms with Crippen LogP contribution in [0.3, 0.4) is 0 Å². The van der Waals surface area contributed by atoms with E-state index in [1.165, 1.54) is 7.11 Å². The third-order valence-electron chi connectivity index (χ3n) is 3.20. The highest BCUT2D eigenvalue weighted by Crippen LogP contribution is 2.26. The number of aliphatic hydroxyl groups excluding tert-OH is 1. The fourth-order valence-electron chi connectivity index (χ4n) is 2.23. The molecule has 7 heteroatoms. The standard InChI is InChI=1S/C13H14FNO5/c1-20-13(19)10-5-8(16)6-15(10)12(18)9-4-7(14)2-3-11(9)17/h2-4,8,10,16-17H,5-6H2,1H3. The van der Waals surface area contributed by atoms with Gasteiger partial charge in [-0.25, -0.2) is 9.18 Å². The first kappa shape index (κ1) is 14.3. The van der Waals surface area contributed by atoms with E-state index in [1.807, 2.05) is 0 Å². The zero-order valence-corrected chi connectivity index (χ0v) is 10.7. The summed E-state index contributed by atoms with van der Waals surface area (Å²) >= 11 is 0. The molecule has 0 saturated carbocycles. The van der Waals surface area contributed by atoms with Gasteiger partial charge in [0, 0.05) is 13.0 Å². The number of methoxy groups -OCH3 is 1. The predicted molar refractivity (Wildman–Crippen MR) is 65.5 cm³/mol. The lowest BCUT2D eigenvalue weighted by atomic mass is 10.1. The van der Waals surface area contributed by atoms with Crippen molar-refractivity contribution in [3.63, 3.8) is 0 Å². The van der Waals surface area contributed by atoms with E-state index in [4.69, 9.17) is 0 Å². The van der Waals surface area contributed by atoms with Crippen molar-refractivity contribution in [2.75, 3.05) is 13.7 Å². The Balaban J connectivity index is 2.31. The predicted octanol–water partition coefficient (Wildman–Crippen LogP) is 0.280. The summed E-state index contributed by atoms with van der Waals surface area (Å²) in [6.45, 7) is -0.0748. The van der Waals surface area contributed by atoms with Gasteiger partial charge in [-0.1, -0.05) is 0 Å². The second-order valence-electron chi connectivity index (χ2n) is 4.55. The first-order chi connectivity index (χ1) is 9.43. The Kier molecular flexibility index (Phi) is 3.89. The third kappa shape index (κ3) is 2.57. The Hall–Kier alpha value is -2.15. The zero-order chi connectivity index (χ0) is 14.9. The van der Waals surface area contributed by atoms with Crippen LogP contribution in [0.15, 0.2) is 18.2 Å². The van der Waals surface area contributed by atoms with Gasteiger partial charge in [-0.3, -0.25) is 4.79 Å². The maximum Gasteiger partial charge on any atom is 0.328 e. The van der Waals surface area contributed by atoms with Gasteiger partial charge < -0.3 is 19.8 Å². The number of carbonyl (C=O) groups excluding carboxylic acids is 2. The Labute approximate surface area is 114 Å². The molecule has 1 aromatic rings. The van der Waals surface area contributed by atoms with E-state index in [0.717, 1.165) is 23.1 Å². The summed E-state index contributed by atoms with van der Waals surface area (Å²) in [6.07, 6.45) is -0.812. The quantitative estimate of drug-likeness (QED) is 0.761. The molecule has 0 bridgehead atoms. The van der Waals surface area contributed by atoms with Gasteiger partial charge in [0.1, 0.15) is 17.6 Å². The number of esters is 1. The highest BCUT2D eigenvalue weighted by atomic mass is 19.1. The largest absolute Gasteiger partial charge is 0.507 e. The molecule has 1 aliphatic heterocycles. The second kappa shape index (κ2) is 5.46. The molecule has 1 aliphatic rings. The van der Waals surface area contributed by atoms with Crippen LogP contribution in [-0.4, -0.2) is 52.8 Å². The number of halogens is 1. The van der Waals surface area contributed by atoms with E-state index in [0.29, 0.717) is 0 Å². The van der Waals surface area contributed by atoms with E-state index in [1.54, 1.807) is 0 Å². The van der Waals surface area contributed by atoms with Gasteiger partial charge in [-0.2, -0.15) is 0 Å². The molecule has 20 heavy (non-hydrogen) atoms. The first-order valence-electron chi connectivity index (χ1n) is 5.99. The van der Waals surface area contributed by atoms with Gasteiger partial charge in [0.05, 0.1) is 18.8 Å². The summed E-state index contributed by atoms with van der Waals surface area (Å²) < 4.78 is 17.7. The molecule has 0 radical (unpaired) electrons. The van der Waals surface area contributed by atoms with Crippen LogP contribution in [0.2, 0.25) is 0 Å². The second-order valence-corrected chi connectivity index (χ2v) is 4.55. The topological polar surface area (TPSA) is 87.1 Å². The summed E-state index contributed by atoms with van der Waals surface area (Å²) in [5, 5.41) is 19.2. The Morgan fingerprint density at radius 1 is 1.45 bits per heavy atom. The molecule has 108 valence electrons. The normalized spacial score (nSPS) is 21.9. The van der Waals surface area contributed by atoms with Crippen LogP contribution in [0.25, 0.3) is 0 Å². The number of ether oxygens (including phenoxy) is 1. The minimum absolute atomic E-state index is 0.0501. The van der Waals surface area contributed by atoms with Crippen molar-refractivity contribution in [2.24, 2.45) is 0 Å². The molecule has 0 aromatic heterocycles. The van der Waals surface area contributed by atoms with Crippen molar-refractivity contribution in [1.82, 2.24) is 4.90 Å². The summed E-state index contributed by atoms with van der Waals surface area (Å²) in [6, 6.07) is 2.02. The molecule has 2 N–H and O–H groups in total. The number of nitrogens with zero attached hydrogens (tertiary/aromatic N) is 1. The number of hydrogen-bond acceptors (Lipinski definition) is 5. The lowest BCUT2D eigenvalue weighted by Gasteiger charge is -2.22. The number of aliphatic hydroxyl groups is 1. The van der Waals surface area contributed by atoms with Crippen molar-refractivity contribution in [3.05, 3.63) is 29.6 Å². The van der Waals surface area contributed by atoms with E-state index >= 15 is 0 Å². The van der Waals surface area contributed by atoms with Crippen LogP contribution in [0.5, 0.6) is 5.75 Å². The van der Waals surface area contributed by atoms with Gasteiger partial charge in [0.25, 0.3) is 5.91 Å². The minimum atomic E-state index is -0.940. The highest BCUT2D eigenvalue weighted by Gasteiger charge is 2.40. The van der Waals surface area contributed by atoms with Gasteiger partial charge in [0.15, 0.2) is 0 Å². The van der Waals surface area contributed by atoms with Crippen LogP contribution in [0.4, 0.5) is 4.39 Å². The number of β-amino-alcohol motifs (C(OH)–C–C–N with tert-alkyl or cyclic N) is 1. The lowest BCUT2D eigenvalue weighted by Crippen LogP contribution is -2.41. The lowest BCUT2D eigenvalue weighted by molar-refractivity contribution is -0.145. The minimum Gasteiger partial charge on any atom is -0.507 e. The highest BCUT2D eigenvalue weighted by molar-refractivity contribution is 5.99. The molecular weight excluding hydrogens is 269 g/mol. The maximum absolute atomic E-state index is 13.2. The van der Waals surface area contributed by atoms with Crippen molar-refractivity contribution < 1.29 is 28.9 Å². The van der Waals surface area contributed by atoms with Crippen LogP contribution >= 0.6 is 0 Å². The fraction of sp³-hybridized carbons (Fsp3) is 0.385. The van der Waals surface area contributed by atoms with E-state index in [9.17, 15) is 24.2 Å². The van der Waals surface area contributed by atoms with Gasteiger partial charge >= 0.3 is 5.97 Å². The summed E-state index contributed by atoms with van der Waals surface area (Å²) in [7, 11) is 1.18. The van der Waals surface area contributed by atoms with Crippen molar-refractivity contribution in [1.29, 1.82) is 0 Å². The van der Waals surface area contributed by atoms with E-state index in [-0.39, 0.29) is 24.3 Å². The Morgan fingerprint density at radius 3 is 2.80 bits per heavy atom. The van der Waals surface area contributed by atoms with E-state index < -0.39 is 29.8 Å². The van der Waals surface area contributed by atoms with Crippen LogP contribution in [-0.2, 0) is 9.53 Å². The fourth-order valence-corrected chi connectivity index (χ4v) is 2.23. The number of benzene rings is 1. The number of rotatable bonds is 2. The summed E-state index contributed by atoms with van der Waals surface area (Å²) in [5.74, 6) is -2.46. The zero-order valence-electron chi connectivity index (χ0n) is 10.7. The molecule has 6 nitrogen and oxygen atoms in total. The molecule has 0 aliphatic carbocycles. The number of phenols is 1. The molecule has 1 fully saturated rings. The van der Waals surface area contributed by atoms with E-state index in [2.05, 4.69) is 4.74 Å². The van der Waals surface area contributed by atoms with Crippen molar-refractivity contribution in [2.45, 2.75) is 18.6 Å². The SMILES string of the molecule is COC(=O)C1CC(O)CN1C(=O)c1cc(F)ccc1O. The van der Waals surface area contributed by atoms with Crippen molar-refractivity contribution in [3.8, 4) is 5.75 Å². The van der Waals surface area contributed by atoms with Gasteiger partial charge in [-0.05, 0) is 18.2 Å². The van der Waals surface area contributed by atoms with Gasteiger partial charge in [0.2, 0.25) is 0 Å². The number of likely N-dealkylation sites (tertiary alicyclic amines) is 1. The Bertz CT molecular complexity index is 548. The van der Waals surface area contributed by atoms with Gasteiger partial charge in [-0.15, -0.1) is 0 Å². The first-order valence-corrected chi connectivity index (χ1v) is 5.99. The summed E-state index contributed by atoms with van der Waals surface area (Å²) in [4.78, 5) is 24.9. The number of carbonyl (C=O) groups is 2. The molecule has 2 rings (SSSR count). The average molecular weight is 283 g/mol. The molecule has 2 unspecified atom stereocenters. The number of amides is 1.